The van der Waals surface area contributed by atoms with Crippen molar-refractivity contribution in [1.82, 2.24) is 4.98 Å². The van der Waals surface area contributed by atoms with Gasteiger partial charge in [-0.25, -0.2) is 9.37 Å². The minimum absolute atomic E-state index is 0.0985. The van der Waals surface area contributed by atoms with Gasteiger partial charge in [-0.3, -0.25) is 0 Å². The highest BCUT2D eigenvalue weighted by molar-refractivity contribution is 5.70. The first-order valence-electron chi connectivity index (χ1n) is 4.77. The zero-order valence-corrected chi connectivity index (χ0v) is 8.77. The molecule has 0 bridgehead atoms. The van der Waals surface area contributed by atoms with E-state index in [0.717, 1.165) is 5.56 Å². The van der Waals surface area contributed by atoms with Crippen molar-refractivity contribution in [1.29, 1.82) is 0 Å². The van der Waals surface area contributed by atoms with Gasteiger partial charge in [-0.1, -0.05) is 18.2 Å². The number of hydrogen-bond donors (Lipinski definition) is 1. The van der Waals surface area contributed by atoms with Crippen LogP contribution in [0.1, 0.15) is 0 Å². The summed E-state index contributed by atoms with van der Waals surface area (Å²) in [5.74, 6) is 0.0514. The highest BCUT2D eigenvalue weighted by atomic mass is 19.1. The molecule has 2 rings (SSSR count). The molecule has 0 aliphatic rings. The molecule has 0 aliphatic heterocycles. The van der Waals surface area contributed by atoms with Gasteiger partial charge in [-0.15, -0.1) is 0 Å². The Morgan fingerprint density at radius 2 is 2.06 bits per heavy atom. The van der Waals surface area contributed by atoms with Crippen LogP contribution in [0.5, 0.6) is 5.75 Å². The van der Waals surface area contributed by atoms with E-state index in [1.54, 1.807) is 7.11 Å². The van der Waals surface area contributed by atoms with E-state index in [-0.39, 0.29) is 5.82 Å². The third-order valence-electron chi connectivity index (χ3n) is 2.29. The molecule has 0 saturated heterocycles. The summed E-state index contributed by atoms with van der Waals surface area (Å²) in [6.07, 6.45) is 1.52. The van der Waals surface area contributed by atoms with E-state index < -0.39 is 5.82 Å². The largest absolute Gasteiger partial charge is 0.496 e. The molecule has 1 aromatic carbocycles. The predicted octanol–water partition coefficient (Wildman–Crippen LogP) is 2.48. The Hall–Kier alpha value is -2.10. The zero-order chi connectivity index (χ0) is 11.5. The molecule has 0 aliphatic carbocycles. The molecule has 3 nitrogen and oxygen atoms in total. The van der Waals surface area contributed by atoms with Gasteiger partial charge >= 0.3 is 0 Å². The smallest absolute Gasteiger partial charge is 0.165 e. The molecule has 0 spiro atoms. The van der Waals surface area contributed by atoms with Crippen molar-refractivity contribution in [3.05, 3.63) is 42.3 Å². The Kier molecular flexibility index (Phi) is 2.72. The highest BCUT2D eigenvalue weighted by Gasteiger charge is 2.07. The topological polar surface area (TPSA) is 48.1 Å². The van der Waals surface area contributed by atoms with E-state index in [2.05, 4.69) is 4.98 Å². The summed E-state index contributed by atoms with van der Waals surface area (Å²) >= 11 is 0. The standard InChI is InChI=1S/C12H11FN2O/c1-16-11-5-3-2-4-9(11)8-6-10(13)12(14)15-7-8/h2-7H,1H3,(H2,14,15). The summed E-state index contributed by atoms with van der Waals surface area (Å²) in [6, 6.07) is 8.70. The van der Waals surface area contributed by atoms with Crippen LogP contribution in [0.3, 0.4) is 0 Å². The number of halogens is 1. The number of rotatable bonds is 2. The summed E-state index contributed by atoms with van der Waals surface area (Å²) in [6.45, 7) is 0. The van der Waals surface area contributed by atoms with E-state index in [1.165, 1.54) is 12.3 Å². The predicted molar refractivity (Wildman–Crippen MR) is 60.6 cm³/mol. The van der Waals surface area contributed by atoms with Crippen molar-refractivity contribution >= 4 is 5.82 Å². The van der Waals surface area contributed by atoms with Crippen LogP contribution >= 0.6 is 0 Å². The second-order valence-electron chi connectivity index (χ2n) is 3.29. The number of anilines is 1. The molecule has 1 heterocycles. The first-order chi connectivity index (χ1) is 7.72. The van der Waals surface area contributed by atoms with Crippen LogP contribution in [0.2, 0.25) is 0 Å². The number of aromatic nitrogens is 1. The van der Waals surface area contributed by atoms with Gasteiger partial charge in [0.1, 0.15) is 5.75 Å². The number of ether oxygens (including phenoxy) is 1. The fourth-order valence-corrected chi connectivity index (χ4v) is 1.48. The first kappa shape index (κ1) is 10.4. The monoisotopic (exact) mass is 218 g/mol. The van der Waals surface area contributed by atoms with Crippen LogP contribution in [0, 0.1) is 5.82 Å². The Balaban J connectivity index is 2.54. The van der Waals surface area contributed by atoms with Gasteiger partial charge in [-0.05, 0) is 12.1 Å². The average Bonchev–Trinajstić information content (AvgIpc) is 2.32. The normalized spacial score (nSPS) is 10.1. The van der Waals surface area contributed by atoms with Crippen molar-refractivity contribution < 1.29 is 9.13 Å². The van der Waals surface area contributed by atoms with E-state index >= 15 is 0 Å². The fraction of sp³-hybridized carbons (Fsp3) is 0.0833. The number of methoxy groups -OCH3 is 1. The Bertz CT molecular complexity index is 514. The van der Waals surface area contributed by atoms with Crippen LogP contribution in [0.4, 0.5) is 10.2 Å². The lowest BCUT2D eigenvalue weighted by atomic mass is 10.1. The molecule has 4 heteroatoms. The van der Waals surface area contributed by atoms with Crippen molar-refractivity contribution in [3.63, 3.8) is 0 Å². The summed E-state index contributed by atoms with van der Waals surface area (Å²) in [5, 5.41) is 0. The number of para-hydroxylation sites is 1. The van der Waals surface area contributed by atoms with Gasteiger partial charge in [0, 0.05) is 17.3 Å². The van der Waals surface area contributed by atoms with Crippen LogP contribution < -0.4 is 10.5 Å². The van der Waals surface area contributed by atoms with Gasteiger partial charge < -0.3 is 10.5 Å². The Labute approximate surface area is 92.7 Å². The molecule has 0 saturated carbocycles. The summed E-state index contributed by atoms with van der Waals surface area (Å²) in [5.41, 5.74) is 6.75. The number of hydrogen-bond acceptors (Lipinski definition) is 3. The van der Waals surface area contributed by atoms with Gasteiger partial charge in [0.15, 0.2) is 11.6 Å². The SMILES string of the molecule is COc1ccccc1-c1cnc(N)c(F)c1. The van der Waals surface area contributed by atoms with E-state index in [1.807, 2.05) is 24.3 Å². The molecule has 1 aromatic heterocycles. The maximum absolute atomic E-state index is 13.3. The molecule has 0 radical (unpaired) electrons. The lowest BCUT2D eigenvalue weighted by Crippen LogP contribution is -1.95. The second-order valence-corrected chi connectivity index (χ2v) is 3.29. The third kappa shape index (κ3) is 1.82. The van der Waals surface area contributed by atoms with Crippen molar-refractivity contribution in [2.24, 2.45) is 0 Å². The quantitative estimate of drug-likeness (QED) is 0.842. The van der Waals surface area contributed by atoms with Gasteiger partial charge in [0.05, 0.1) is 7.11 Å². The first-order valence-corrected chi connectivity index (χ1v) is 4.77. The Morgan fingerprint density at radius 3 is 2.75 bits per heavy atom. The number of nitrogens with zero attached hydrogens (tertiary/aromatic N) is 1. The molecule has 82 valence electrons. The maximum atomic E-state index is 13.3. The molecule has 0 fully saturated rings. The van der Waals surface area contributed by atoms with Crippen LogP contribution in [0.15, 0.2) is 36.5 Å². The third-order valence-corrected chi connectivity index (χ3v) is 2.29. The molecular formula is C12H11FN2O. The molecule has 0 unspecified atom stereocenters. The molecular weight excluding hydrogens is 207 g/mol. The lowest BCUT2D eigenvalue weighted by Gasteiger charge is -2.08. The summed E-state index contributed by atoms with van der Waals surface area (Å²) in [4.78, 5) is 3.78. The second kappa shape index (κ2) is 4.18. The lowest BCUT2D eigenvalue weighted by molar-refractivity contribution is 0.416. The van der Waals surface area contributed by atoms with Crippen molar-refractivity contribution in [2.45, 2.75) is 0 Å². The number of pyridine rings is 1. The zero-order valence-electron chi connectivity index (χ0n) is 8.77. The fourth-order valence-electron chi connectivity index (χ4n) is 1.48. The van der Waals surface area contributed by atoms with E-state index in [9.17, 15) is 4.39 Å². The van der Waals surface area contributed by atoms with Gasteiger partial charge in [0.25, 0.3) is 0 Å². The minimum Gasteiger partial charge on any atom is -0.496 e. The number of benzene rings is 1. The van der Waals surface area contributed by atoms with E-state index in [0.29, 0.717) is 11.3 Å². The Morgan fingerprint density at radius 1 is 1.31 bits per heavy atom. The maximum Gasteiger partial charge on any atom is 0.165 e. The van der Waals surface area contributed by atoms with Gasteiger partial charge in [-0.2, -0.15) is 0 Å². The molecule has 0 atom stereocenters. The number of nitrogen functional groups attached to an aromatic ring is 1. The molecule has 0 amide bonds. The molecule has 2 N–H and O–H groups in total. The van der Waals surface area contributed by atoms with Crippen molar-refractivity contribution in [3.8, 4) is 16.9 Å². The summed E-state index contributed by atoms with van der Waals surface area (Å²) in [7, 11) is 1.57. The highest BCUT2D eigenvalue weighted by Crippen LogP contribution is 2.29. The van der Waals surface area contributed by atoms with Crippen LogP contribution in [-0.4, -0.2) is 12.1 Å². The molecule has 16 heavy (non-hydrogen) atoms. The van der Waals surface area contributed by atoms with E-state index in [4.69, 9.17) is 10.5 Å². The molecule has 2 aromatic rings. The summed E-state index contributed by atoms with van der Waals surface area (Å²) < 4.78 is 18.5. The van der Waals surface area contributed by atoms with Crippen LogP contribution in [0.25, 0.3) is 11.1 Å². The minimum atomic E-state index is -0.525. The van der Waals surface area contributed by atoms with Crippen LogP contribution in [-0.2, 0) is 0 Å². The number of nitrogens with two attached hydrogens (primary N) is 1. The van der Waals surface area contributed by atoms with Gasteiger partial charge in [0.2, 0.25) is 0 Å². The van der Waals surface area contributed by atoms with Crippen molar-refractivity contribution in [2.75, 3.05) is 12.8 Å². The average molecular weight is 218 g/mol.